The third-order valence-corrected chi connectivity index (χ3v) is 3.33. The van der Waals surface area contributed by atoms with Crippen LogP contribution in [0.2, 0.25) is 0 Å². The molecule has 0 unspecified atom stereocenters. The standard InChI is InChI=1S/C18H17NO7/c1-23-16-9-7-13(11-17(16)24-2)8-10-18(20)26-15-6-4-3-5-14(15)12-25-19(21)22/h3-11H,12H2,1-2H3. The number of ether oxygens (including phenoxy) is 3. The molecule has 0 aromatic heterocycles. The van der Waals surface area contributed by atoms with E-state index < -0.39 is 11.1 Å². The monoisotopic (exact) mass is 359 g/mol. The molecule has 0 spiro atoms. The highest BCUT2D eigenvalue weighted by Crippen LogP contribution is 2.28. The number of esters is 1. The van der Waals surface area contributed by atoms with Gasteiger partial charge in [0.15, 0.2) is 11.5 Å². The highest BCUT2D eigenvalue weighted by Gasteiger charge is 2.09. The van der Waals surface area contributed by atoms with E-state index in [4.69, 9.17) is 14.2 Å². The molecule has 0 N–H and O–H groups in total. The lowest BCUT2D eigenvalue weighted by Crippen LogP contribution is -2.07. The maximum atomic E-state index is 12.0. The van der Waals surface area contributed by atoms with Gasteiger partial charge in [-0.15, -0.1) is 10.1 Å². The van der Waals surface area contributed by atoms with Crippen molar-refractivity contribution >= 4 is 12.0 Å². The number of carbonyl (C=O) groups excluding carboxylic acids is 1. The summed E-state index contributed by atoms with van der Waals surface area (Å²) in [5.74, 6) is 0.668. The number of benzene rings is 2. The Morgan fingerprint density at radius 1 is 1.08 bits per heavy atom. The summed E-state index contributed by atoms with van der Waals surface area (Å²) >= 11 is 0. The van der Waals surface area contributed by atoms with Crippen molar-refractivity contribution in [3.05, 3.63) is 69.8 Å². The number of para-hydroxylation sites is 1. The van der Waals surface area contributed by atoms with Gasteiger partial charge in [0, 0.05) is 11.6 Å². The van der Waals surface area contributed by atoms with Crippen LogP contribution in [0.3, 0.4) is 0 Å². The van der Waals surface area contributed by atoms with Gasteiger partial charge < -0.3 is 19.0 Å². The van der Waals surface area contributed by atoms with Crippen molar-refractivity contribution in [2.24, 2.45) is 0 Å². The van der Waals surface area contributed by atoms with Crippen LogP contribution in [0, 0.1) is 10.1 Å². The quantitative estimate of drug-likeness (QED) is 0.235. The first-order chi connectivity index (χ1) is 12.5. The minimum Gasteiger partial charge on any atom is -0.493 e. The number of hydrogen-bond donors (Lipinski definition) is 0. The van der Waals surface area contributed by atoms with Gasteiger partial charge in [-0.05, 0) is 29.8 Å². The first kappa shape index (κ1) is 18.8. The fraction of sp³-hybridized carbons (Fsp3) is 0.167. The molecule has 8 heteroatoms. The number of methoxy groups -OCH3 is 2. The highest BCUT2D eigenvalue weighted by atomic mass is 16.9. The molecule has 26 heavy (non-hydrogen) atoms. The van der Waals surface area contributed by atoms with Crippen LogP contribution in [0.15, 0.2) is 48.5 Å². The van der Waals surface area contributed by atoms with Gasteiger partial charge >= 0.3 is 5.97 Å². The summed E-state index contributed by atoms with van der Waals surface area (Å²) in [7, 11) is 3.05. The second-order valence-corrected chi connectivity index (χ2v) is 4.97. The lowest BCUT2D eigenvalue weighted by molar-refractivity contribution is -0.763. The van der Waals surface area contributed by atoms with E-state index in [2.05, 4.69) is 4.84 Å². The Kier molecular flexibility index (Phi) is 6.55. The van der Waals surface area contributed by atoms with Crippen molar-refractivity contribution in [3.63, 3.8) is 0 Å². The molecule has 0 bridgehead atoms. The predicted octanol–water partition coefficient (Wildman–Crippen LogP) is 3.03. The van der Waals surface area contributed by atoms with Crippen molar-refractivity contribution in [3.8, 4) is 17.2 Å². The Hall–Kier alpha value is -3.55. The Balaban J connectivity index is 2.07. The van der Waals surface area contributed by atoms with Crippen molar-refractivity contribution in [2.45, 2.75) is 6.61 Å². The number of rotatable bonds is 8. The average Bonchev–Trinajstić information content (AvgIpc) is 2.65. The maximum absolute atomic E-state index is 12.0. The lowest BCUT2D eigenvalue weighted by Gasteiger charge is -2.08. The first-order valence-corrected chi connectivity index (χ1v) is 7.50. The van der Waals surface area contributed by atoms with Crippen LogP contribution < -0.4 is 14.2 Å². The van der Waals surface area contributed by atoms with Crippen molar-refractivity contribution in [1.29, 1.82) is 0 Å². The van der Waals surface area contributed by atoms with E-state index in [9.17, 15) is 14.9 Å². The lowest BCUT2D eigenvalue weighted by atomic mass is 10.2. The molecule has 0 atom stereocenters. The van der Waals surface area contributed by atoms with E-state index in [0.717, 1.165) is 0 Å². The molecule has 0 fully saturated rings. The fourth-order valence-electron chi connectivity index (χ4n) is 2.11. The molecular formula is C18H17NO7. The number of nitrogens with zero attached hydrogens (tertiary/aromatic N) is 1. The Morgan fingerprint density at radius 2 is 1.81 bits per heavy atom. The minimum atomic E-state index is -0.907. The molecular weight excluding hydrogens is 342 g/mol. The molecule has 0 saturated heterocycles. The predicted molar refractivity (Wildman–Crippen MR) is 92.4 cm³/mol. The summed E-state index contributed by atoms with van der Waals surface area (Å²) in [6, 6.07) is 11.6. The van der Waals surface area contributed by atoms with Gasteiger partial charge in [0.1, 0.15) is 12.4 Å². The molecule has 0 aliphatic heterocycles. The minimum absolute atomic E-state index is 0.191. The van der Waals surface area contributed by atoms with Crippen LogP contribution >= 0.6 is 0 Å². The van der Waals surface area contributed by atoms with Crippen LogP contribution in [0.5, 0.6) is 17.2 Å². The summed E-state index contributed by atoms with van der Waals surface area (Å²) < 4.78 is 15.6. The zero-order chi connectivity index (χ0) is 18.9. The first-order valence-electron chi connectivity index (χ1n) is 7.50. The molecule has 2 rings (SSSR count). The van der Waals surface area contributed by atoms with E-state index in [0.29, 0.717) is 22.6 Å². The largest absolute Gasteiger partial charge is 0.493 e. The van der Waals surface area contributed by atoms with E-state index in [1.807, 2.05) is 0 Å². The van der Waals surface area contributed by atoms with Gasteiger partial charge in [-0.3, -0.25) is 0 Å². The van der Waals surface area contributed by atoms with E-state index in [1.54, 1.807) is 42.5 Å². The normalized spacial score (nSPS) is 10.4. The second-order valence-electron chi connectivity index (χ2n) is 4.97. The molecule has 0 saturated carbocycles. The van der Waals surface area contributed by atoms with E-state index in [-0.39, 0.29) is 12.4 Å². The second kappa shape index (κ2) is 9.07. The number of hydrogen-bond acceptors (Lipinski definition) is 7. The number of carbonyl (C=O) groups is 1. The molecule has 8 nitrogen and oxygen atoms in total. The summed E-state index contributed by atoms with van der Waals surface area (Å²) in [6.07, 6.45) is 2.80. The van der Waals surface area contributed by atoms with E-state index in [1.165, 1.54) is 26.4 Å². The van der Waals surface area contributed by atoms with Crippen LogP contribution in [-0.4, -0.2) is 25.3 Å². The van der Waals surface area contributed by atoms with E-state index >= 15 is 0 Å². The molecule has 0 aliphatic rings. The van der Waals surface area contributed by atoms with Gasteiger partial charge in [-0.25, -0.2) is 4.79 Å². The topological polar surface area (TPSA) is 97.1 Å². The van der Waals surface area contributed by atoms with Crippen LogP contribution in [-0.2, 0) is 16.2 Å². The van der Waals surface area contributed by atoms with Crippen LogP contribution in [0.4, 0.5) is 0 Å². The summed E-state index contributed by atoms with van der Waals surface area (Å²) in [4.78, 5) is 26.6. The van der Waals surface area contributed by atoms with Gasteiger partial charge in [0.05, 0.1) is 14.2 Å². The molecule has 0 amide bonds. The van der Waals surface area contributed by atoms with Gasteiger partial charge in [-0.1, -0.05) is 24.3 Å². The third-order valence-electron chi connectivity index (χ3n) is 3.33. The molecule has 136 valence electrons. The summed E-state index contributed by atoms with van der Waals surface area (Å²) in [6.45, 7) is -0.310. The SMILES string of the molecule is COc1ccc(C=CC(=O)Oc2ccccc2CO[N+](=O)[O-])cc1OC. The van der Waals surface area contributed by atoms with Crippen molar-refractivity contribution < 1.29 is 28.9 Å². The molecule has 2 aromatic carbocycles. The van der Waals surface area contributed by atoms with Crippen molar-refractivity contribution in [1.82, 2.24) is 0 Å². The van der Waals surface area contributed by atoms with Gasteiger partial charge in [-0.2, -0.15) is 0 Å². The maximum Gasteiger partial charge on any atom is 0.336 e. The molecule has 2 aromatic rings. The zero-order valence-electron chi connectivity index (χ0n) is 14.2. The van der Waals surface area contributed by atoms with Crippen LogP contribution in [0.1, 0.15) is 11.1 Å². The third kappa shape index (κ3) is 5.23. The average molecular weight is 359 g/mol. The summed E-state index contributed by atoms with van der Waals surface area (Å²) in [5, 5.41) is 9.40. The van der Waals surface area contributed by atoms with Gasteiger partial charge in [0.25, 0.3) is 5.09 Å². The molecule has 0 radical (unpaired) electrons. The highest BCUT2D eigenvalue weighted by molar-refractivity contribution is 5.89. The van der Waals surface area contributed by atoms with Crippen LogP contribution in [0.25, 0.3) is 6.08 Å². The van der Waals surface area contributed by atoms with Crippen molar-refractivity contribution in [2.75, 3.05) is 14.2 Å². The molecule has 0 heterocycles. The Morgan fingerprint density at radius 3 is 2.50 bits per heavy atom. The Labute approximate surface area is 149 Å². The summed E-state index contributed by atoms with van der Waals surface area (Å²) in [5.41, 5.74) is 1.10. The molecule has 0 aliphatic carbocycles. The van der Waals surface area contributed by atoms with Gasteiger partial charge in [0.2, 0.25) is 0 Å². The zero-order valence-corrected chi connectivity index (χ0v) is 14.2. The smallest absolute Gasteiger partial charge is 0.336 e. The Bertz CT molecular complexity index is 817. The fourth-order valence-corrected chi connectivity index (χ4v) is 2.11.